The van der Waals surface area contributed by atoms with Gasteiger partial charge >= 0.3 is 5.97 Å². The number of hydrogen-bond acceptors (Lipinski definition) is 5. The third-order valence-corrected chi connectivity index (χ3v) is 4.30. The summed E-state index contributed by atoms with van der Waals surface area (Å²) in [6.07, 6.45) is 0. The number of imide groups is 1. The van der Waals surface area contributed by atoms with Crippen LogP contribution in [0.1, 0.15) is 42.3 Å². The molecule has 6 heteroatoms. The van der Waals surface area contributed by atoms with Crippen molar-refractivity contribution in [3.63, 3.8) is 0 Å². The van der Waals surface area contributed by atoms with Crippen molar-refractivity contribution in [1.29, 1.82) is 0 Å². The topological polar surface area (TPSA) is 72.9 Å². The molecule has 0 saturated heterocycles. The Kier molecular flexibility index (Phi) is 5.59. The lowest BCUT2D eigenvalue weighted by atomic mass is 10.0. The van der Waals surface area contributed by atoms with Gasteiger partial charge in [-0.3, -0.25) is 9.59 Å². The van der Waals surface area contributed by atoms with E-state index in [1.165, 1.54) is 13.0 Å². The number of hydrogen-bond donors (Lipinski definition) is 0. The number of rotatable bonds is 5. The number of carbonyl (C=O) groups excluding carboxylic acids is 3. The van der Waals surface area contributed by atoms with Gasteiger partial charge < -0.3 is 9.47 Å². The number of amides is 2. The second-order valence-electron chi connectivity index (χ2n) is 6.12. The molecule has 0 saturated carbocycles. The highest BCUT2D eigenvalue weighted by atomic mass is 16.5. The van der Waals surface area contributed by atoms with Crippen LogP contribution < -0.4 is 4.90 Å². The van der Waals surface area contributed by atoms with Gasteiger partial charge in [-0.15, -0.1) is 0 Å². The molecule has 0 aromatic heterocycles. The Labute approximate surface area is 163 Å². The zero-order chi connectivity index (χ0) is 20.3. The van der Waals surface area contributed by atoms with Crippen LogP contribution in [0.4, 0.5) is 5.69 Å². The van der Waals surface area contributed by atoms with Gasteiger partial charge in [-0.1, -0.05) is 36.4 Å². The standard InChI is InChI=1S/C22H21NO5/c1-4-27-20(15-9-7-6-8-10-15)19-17-12-11-16(22(26)28-5-2)13-18(17)23(14(3)24)21(19)25/h6-13H,4-5H2,1-3H3/b20-19-. The molecule has 3 rings (SSSR count). The van der Waals surface area contributed by atoms with E-state index in [9.17, 15) is 14.4 Å². The fraction of sp³-hybridized carbons (Fsp3) is 0.227. The van der Waals surface area contributed by atoms with E-state index in [2.05, 4.69) is 0 Å². The van der Waals surface area contributed by atoms with E-state index in [1.807, 2.05) is 37.3 Å². The number of fused-ring (bicyclic) bond motifs is 1. The normalized spacial score (nSPS) is 14.5. The molecule has 1 aliphatic heterocycles. The molecular weight excluding hydrogens is 358 g/mol. The Morgan fingerprint density at radius 3 is 2.21 bits per heavy atom. The molecule has 144 valence electrons. The fourth-order valence-electron chi connectivity index (χ4n) is 3.17. The summed E-state index contributed by atoms with van der Waals surface area (Å²) in [5.41, 5.74) is 2.21. The van der Waals surface area contributed by atoms with Crippen molar-refractivity contribution in [1.82, 2.24) is 0 Å². The van der Waals surface area contributed by atoms with Gasteiger partial charge in [0, 0.05) is 18.1 Å². The minimum atomic E-state index is -0.508. The summed E-state index contributed by atoms with van der Waals surface area (Å²) in [5, 5.41) is 0. The van der Waals surface area contributed by atoms with Crippen molar-refractivity contribution in [3.8, 4) is 0 Å². The van der Waals surface area contributed by atoms with Gasteiger partial charge in [-0.25, -0.2) is 9.69 Å². The van der Waals surface area contributed by atoms with Gasteiger partial charge in [0.15, 0.2) is 0 Å². The maximum Gasteiger partial charge on any atom is 0.338 e. The fourth-order valence-corrected chi connectivity index (χ4v) is 3.17. The molecular formula is C22H21NO5. The molecule has 0 fully saturated rings. The molecule has 0 unspecified atom stereocenters. The quantitative estimate of drug-likeness (QED) is 0.450. The van der Waals surface area contributed by atoms with Crippen molar-refractivity contribution in [3.05, 3.63) is 65.2 Å². The molecule has 0 aliphatic carbocycles. The molecule has 1 heterocycles. The number of ether oxygens (including phenoxy) is 2. The molecule has 1 aliphatic rings. The third-order valence-electron chi connectivity index (χ3n) is 4.30. The van der Waals surface area contributed by atoms with Gasteiger partial charge in [0.25, 0.3) is 5.91 Å². The molecule has 2 aromatic rings. The van der Waals surface area contributed by atoms with Crippen molar-refractivity contribution < 1.29 is 23.9 Å². The van der Waals surface area contributed by atoms with Crippen LogP contribution in [0.15, 0.2) is 48.5 Å². The lowest BCUT2D eigenvalue weighted by Gasteiger charge is -2.14. The van der Waals surface area contributed by atoms with E-state index in [1.54, 1.807) is 19.1 Å². The zero-order valence-corrected chi connectivity index (χ0v) is 16.0. The van der Waals surface area contributed by atoms with Crippen LogP contribution in [0.25, 0.3) is 11.3 Å². The summed E-state index contributed by atoms with van der Waals surface area (Å²) in [6, 6.07) is 14.0. The van der Waals surface area contributed by atoms with E-state index in [0.717, 1.165) is 10.5 Å². The van der Waals surface area contributed by atoms with Crippen LogP contribution in [-0.4, -0.2) is 31.0 Å². The predicted octanol–water partition coefficient (Wildman–Crippen LogP) is 3.66. The second kappa shape index (κ2) is 8.08. The van der Waals surface area contributed by atoms with Crippen LogP contribution in [0, 0.1) is 0 Å². The number of carbonyl (C=O) groups is 3. The Bertz CT molecular complexity index is 962. The smallest absolute Gasteiger partial charge is 0.338 e. The first-order valence-corrected chi connectivity index (χ1v) is 9.08. The lowest BCUT2D eigenvalue weighted by Crippen LogP contribution is -2.31. The zero-order valence-electron chi connectivity index (χ0n) is 16.0. The molecule has 0 spiro atoms. The highest BCUT2D eigenvalue weighted by molar-refractivity contribution is 6.43. The van der Waals surface area contributed by atoms with Gasteiger partial charge in [0.05, 0.1) is 30.0 Å². The van der Waals surface area contributed by atoms with E-state index in [0.29, 0.717) is 29.2 Å². The van der Waals surface area contributed by atoms with E-state index < -0.39 is 17.8 Å². The van der Waals surface area contributed by atoms with Gasteiger partial charge in [-0.2, -0.15) is 0 Å². The van der Waals surface area contributed by atoms with Crippen molar-refractivity contribution in [2.45, 2.75) is 20.8 Å². The molecule has 28 heavy (non-hydrogen) atoms. The molecule has 0 radical (unpaired) electrons. The Morgan fingerprint density at radius 2 is 1.61 bits per heavy atom. The third kappa shape index (κ3) is 3.41. The van der Waals surface area contributed by atoms with E-state index in [-0.39, 0.29) is 12.2 Å². The molecule has 2 amide bonds. The number of anilines is 1. The van der Waals surface area contributed by atoms with Crippen LogP contribution in [-0.2, 0) is 19.1 Å². The average molecular weight is 379 g/mol. The van der Waals surface area contributed by atoms with E-state index in [4.69, 9.17) is 9.47 Å². The van der Waals surface area contributed by atoms with Crippen LogP contribution in [0.3, 0.4) is 0 Å². The summed E-state index contributed by atoms with van der Waals surface area (Å²) < 4.78 is 10.8. The first-order valence-electron chi connectivity index (χ1n) is 9.08. The summed E-state index contributed by atoms with van der Waals surface area (Å²) >= 11 is 0. The predicted molar refractivity (Wildman–Crippen MR) is 105 cm³/mol. The first-order chi connectivity index (χ1) is 13.5. The molecule has 0 bridgehead atoms. The lowest BCUT2D eigenvalue weighted by molar-refractivity contribution is -0.122. The number of esters is 1. The van der Waals surface area contributed by atoms with Crippen molar-refractivity contribution in [2.75, 3.05) is 18.1 Å². The van der Waals surface area contributed by atoms with Gasteiger partial charge in [0.2, 0.25) is 5.91 Å². The minimum Gasteiger partial charge on any atom is -0.492 e. The highest BCUT2D eigenvalue weighted by Gasteiger charge is 2.38. The summed E-state index contributed by atoms with van der Waals surface area (Å²) in [6.45, 7) is 5.45. The van der Waals surface area contributed by atoms with Crippen LogP contribution in [0.2, 0.25) is 0 Å². The Hall–Kier alpha value is -3.41. The Morgan fingerprint density at radius 1 is 0.929 bits per heavy atom. The molecule has 6 nitrogen and oxygen atoms in total. The molecule has 0 N–H and O–H groups in total. The summed E-state index contributed by atoms with van der Waals surface area (Å²) in [5.74, 6) is -1.02. The maximum atomic E-state index is 13.2. The van der Waals surface area contributed by atoms with Crippen LogP contribution >= 0.6 is 0 Å². The summed E-state index contributed by atoms with van der Waals surface area (Å²) in [7, 11) is 0. The van der Waals surface area contributed by atoms with Gasteiger partial charge in [-0.05, 0) is 26.0 Å². The SMILES string of the molecule is CCOC(=O)c1ccc2c(c1)N(C(C)=O)C(=O)/C2=C(\OCC)c1ccccc1. The van der Waals surface area contributed by atoms with Gasteiger partial charge in [0.1, 0.15) is 5.76 Å². The maximum absolute atomic E-state index is 13.2. The number of benzene rings is 2. The first kappa shape index (κ1) is 19.4. The average Bonchev–Trinajstić information content (AvgIpc) is 2.98. The van der Waals surface area contributed by atoms with Crippen molar-refractivity contribution >= 4 is 34.8 Å². The largest absolute Gasteiger partial charge is 0.492 e. The monoisotopic (exact) mass is 379 g/mol. The van der Waals surface area contributed by atoms with E-state index >= 15 is 0 Å². The minimum absolute atomic E-state index is 0.235. The number of nitrogens with zero attached hydrogens (tertiary/aromatic N) is 1. The molecule has 2 aromatic carbocycles. The Balaban J connectivity index is 2.24. The van der Waals surface area contributed by atoms with Crippen LogP contribution in [0.5, 0.6) is 0 Å². The second-order valence-corrected chi connectivity index (χ2v) is 6.12. The highest BCUT2D eigenvalue weighted by Crippen LogP contribution is 2.42. The molecule has 0 atom stereocenters. The van der Waals surface area contributed by atoms with Crippen molar-refractivity contribution in [2.24, 2.45) is 0 Å². The summed E-state index contributed by atoms with van der Waals surface area (Å²) in [4.78, 5) is 38.5.